The van der Waals surface area contributed by atoms with Crippen molar-refractivity contribution in [3.05, 3.63) is 35.9 Å². The first-order valence-corrected chi connectivity index (χ1v) is 6.82. The summed E-state index contributed by atoms with van der Waals surface area (Å²) < 4.78 is 0. The Hall–Kier alpha value is -0.760. The highest BCUT2D eigenvalue weighted by Crippen LogP contribution is 2.01. The van der Waals surface area contributed by atoms with Crippen molar-refractivity contribution in [2.45, 2.75) is 26.2 Å². The first kappa shape index (κ1) is 12.3. The Balaban J connectivity index is 2.20. The van der Waals surface area contributed by atoms with E-state index in [4.69, 9.17) is 0 Å². The van der Waals surface area contributed by atoms with Crippen LogP contribution in [-0.4, -0.2) is 17.3 Å². The van der Waals surface area contributed by atoms with E-state index in [1.165, 1.54) is 31.0 Å². The third-order valence-electron chi connectivity index (χ3n) is 2.27. The molecular weight excluding hydrogens is 204 g/mol. The molecule has 1 nitrogen and oxygen atoms in total. The van der Waals surface area contributed by atoms with Gasteiger partial charge in [-0.1, -0.05) is 43.7 Å². The molecule has 0 atom stereocenters. The summed E-state index contributed by atoms with van der Waals surface area (Å²) in [7, 11) is 0. The monoisotopic (exact) mass is 223 g/mol. The van der Waals surface area contributed by atoms with Crippen LogP contribution in [0.15, 0.2) is 30.3 Å². The zero-order valence-corrected chi connectivity index (χ0v) is 10.2. The summed E-state index contributed by atoms with van der Waals surface area (Å²) >= 11 is 1.27. The van der Waals surface area contributed by atoms with E-state index in [0.717, 1.165) is 11.3 Å². The average Bonchev–Trinajstić information content (AvgIpc) is 2.30. The van der Waals surface area contributed by atoms with Crippen LogP contribution >= 0.6 is 0 Å². The molecule has 1 aromatic rings. The third kappa shape index (κ3) is 5.03. The minimum absolute atomic E-state index is 0.272. The molecule has 0 saturated heterocycles. The van der Waals surface area contributed by atoms with Gasteiger partial charge in [-0.15, -0.1) is 0 Å². The van der Waals surface area contributed by atoms with E-state index in [1.807, 2.05) is 30.3 Å². The van der Waals surface area contributed by atoms with Crippen LogP contribution in [0.5, 0.6) is 0 Å². The van der Waals surface area contributed by atoms with Crippen molar-refractivity contribution in [2.75, 3.05) is 11.5 Å². The highest BCUT2D eigenvalue weighted by molar-refractivity contribution is 7.79. The van der Waals surface area contributed by atoms with Crippen molar-refractivity contribution in [1.29, 1.82) is 0 Å². The van der Waals surface area contributed by atoms with E-state index in [2.05, 4.69) is 6.92 Å². The SMILES string of the molecule is CCCCC[SH+]CC(=O)c1ccccc1. The summed E-state index contributed by atoms with van der Waals surface area (Å²) in [4.78, 5) is 11.7. The zero-order valence-electron chi connectivity index (χ0n) is 9.28. The number of hydrogen-bond donors (Lipinski definition) is 0. The van der Waals surface area contributed by atoms with Crippen LogP contribution in [-0.2, 0) is 11.8 Å². The molecule has 0 aromatic heterocycles. The fourth-order valence-electron chi connectivity index (χ4n) is 1.37. The molecule has 0 heterocycles. The van der Waals surface area contributed by atoms with E-state index in [9.17, 15) is 4.79 Å². The van der Waals surface area contributed by atoms with Crippen molar-refractivity contribution in [1.82, 2.24) is 0 Å². The minimum Gasteiger partial charge on any atom is -0.289 e. The van der Waals surface area contributed by atoms with Gasteiger partial charge in [0.05, 0.1) is 0 Å². The smallest absolute Gasteiger partial charge is 0.211 e. The lowest BCUT2D eigenvalue weighted by atomic mass is 10.2. The Morgan fingerprint density at radius 3 is 2.60 bits per heavy atom. The molecule has 0 spiro atoms. The molecule has 0 amide bonds. The molecule has 0 aliphatic heterocycles. The first-order chi connectivity index (χ1) is 7.34. The second-order valence-corrected chi connectivity index (χ2v) is 4.81. The number of ketones is 1. The van der Waals surface area contributed by atoms with Gasteiger partial charge < -0.3 is 0 Å². The summed E-state index contributed by atoms with van der Waals surface area (Å²) in [5, 5.41) is 0. The molecule has 2 heteroatoms. The summed E-state index contributed by atoms with van der Waals surface area (Å²) in [6.07, 6.45) is 3.79. The summed E-state index contributed by atoms with van der Waals surface area (Å²) in [5.41, 5.74) is 0.848. The van der Waals surface area contributed by atoms with Crippen molar-refractivity contribution < 1.29 is 4.79 Å². The molecule has 0 saturated carbocycles. The number of thiol groups is 1. The Kier molecular flexibility index (Phi) is 6.17. The van der Waals surface area contributed by atoms with Gasteiger partial charge in [0.1, 0.15) is 5.75 Å². The molecule has 0 fully saturated rings. The van der Waals surface area contributed by atoms with Crippen LogP contribution in [0.3, 0.4) is 0 Å². The average molecular weight is 223 g/mol. The number of benzene rings is 1. The highest BCUT2D eigenvalue weighted by atomic mass is 32.2. The number of hydrogen-bond acceptors (Lipinski definition) is 1. The van der Waals surface area contributed by atoms with Gasteiger partial charge in [0.2, 0.25) is 5.78 Å². The van der Waals surface area contributed by atoms with Crippen LogP contribution in [0, 0.1) is 0 Å². The number of rotatable bonds is 7. The van der Waals surface area contributed by atoms with E-state index < -0.39 is 0 Å². The van der Waals surface area contributed by atoms with Crippen molar-refractivity contribution in [2.24, 2.45) is 0 Å². The molecular formula is C13H19OS+. The van der Waals surface area contributed by atoms with E-state index >= 15 is 0 Å². The van der Waals surface area contributed by atoms with Crippen molar-refractivity contribution >= 4 is 17.5 Å². The molecule has 1 aromatic carbocycles. The number of carbonyl (C=O) groups is 1. The maximum atomic E-state index is 11.7. The van der Waals surface area contributed by atoms with Gasteiger partial charge in [-0.25, -0.2) is 0 Å². The summed E-state index contributed by atoms with van der Waals surface area (Å²) in [5.74, 6) is 2.11. The Bertz CT molecular complexity index is 282. The quantitative estimate of drug-likeness (QED) is 0.301. The van der Waals surface area contributed by atoms with Crippen LogP contribution in [0.1, 0.15) is 36.5 Å². The predicted molar refractivity (Wildman–Crippen MR) is 68.8 cm³/mol. The van der Waals surface area contributed by atoms with Gasteiger partial charge in [0, 0.05) is 5.56 Å². The van der Waals surface area contributed by atoms with Gasteiger partial charge in [-0.05, 0) is 24.6 Å². The largest absolute Gasteiger partial charge is 0.289 e. The molecule has 0 bridgehead atoms. The third-order valence-corrected chi connectivity index (χ3v) is 3.41. The maximum Gasteiger partial charge on any atom is 0.211 e. The van der Waals surface area contributed by atoms with Gasteiger partial charge in [0.25, 0.3) is 0 Å². The minimum atomic E-state index is 0.272. The fraction of sp³-hybridized carbons (Fsp3) is 0.462. The topological polar surface area (TPSA) is 17.1 Å². The second-order valence-electron chi connectivity index (χ2n) is 3.60. The van der Waals surface area contributed by atoms with Gasteiger partial charge >= 0.3 is 0 Å². The zero-order chi connectivity index (χ0) is 10.9. The standard InChI is InChI=1S/C13H18OS/c1-2-3-7-10-15-11-13(14)12-8-5-4-6-9-12/h4-6,8-9H,2-3,7,10-11H2,1H3/p+1. The lowest BCUT2D eigenvalue weighted by Crippen LogP contribution is -2.08. The van der Waals surface area contributed by atoms with Crippen molar-refractivity contribution in [3.8, 4) is 0 Å². The predicted octanol–water partition coefficient (Wildman–Crippen LogP) is 2.87. The van der Waals surface area contributed by atoms with Gasteiger partial charge in [-0.3, -0.25) is 4.79 Å². The fourth-order valence-corrected chi connectivity index (χ4v) is 2.36. The lowest BCUT2D eigenvalue weighted by molar-refractivity contribution is 0.102. The van der Waals surface area contributed by atoms with Crippen LogP contribution in [0.25, 0.3) is 0 Å². The first-order valence-electron chi connectivity index (χ1n) is 5.56. The van der Waals surface area contributed by atoms with Gasteiger partial charge in [0.15, 0.2) is 5.75 Å². The molecule has 0 unspecified atom stereocenters. The number of unbranched alkanes of at least 4 members (excludes halogenated alkanes) is 2. The second kappa shape index (κ2) is 7.52. The Morgan fingerprint density at radius 1 is 1.20 bits per heavy atom. The molecule has 15 heavy (non-hydrogen) atoms. The highest BCUT2D eigenvalue weighted by Gasteiger charge is 2.09. The molecule has 0 radical (unpaired) electrons. The van der Waals surface area contributed by atoms with Crippen LogP contribution in [0.4, 0.5) is 0 Å². The molecule has 0 aliphatic rings. The number of Topliss-reactive ketones (excluding diaryl/α,β-unsaturated/α-hetero) is 1. The van der Waals surface area contributed by atoms with Crippen molar-refractivity contribution in [3.63, 3.8) is 0 Å². The Morgan fingerprint density at radius 2 is 1.93 bits per heavy atom. The normalized spacial score (nSPS) is 10.2. The van der Waals surface area contributed by atoms with E-state index in [-0.39, 0.29) is 5.78 Å². The maximum absolute atomic E-state index is 11.7. The lowest BCUT2D eigenvalue weighted by Gasteiger charge is -1.95. The summed E-state index contributed by atoms with van der Waals surface area (Å²) in [6.45, 7) is 2.20. The molecule has 0 N–H and O–H groups in total. The Labute approximate surface area is 96.3 Å². The van der Waals surface area contributed by atoms with E-state index in [0.29, 0.717) is 5.75 Å². The molecule has 1 rings (SSSR count). The molecule has 82 valence electrons. The van der Waals surface area contributed by atoms with E-state index in [1.54, 1.807) is 0 Å². The number of carbonyl (C=O) groups excluding carboxylic acids is 1. The molecule has 0 aliphatic carbocycles. The van der Waals surface area contributed by atoms with Crippen LogP contribution < -0.4 is 0 Å². The van der Waals surface area contributed by atoms with Crippen LogP contribution in [0.2, 0.25) is 0 Å². The van der Waals surface area contributed by atoms with Gasteiger partial charge in [-0.2, -0.15) is 0 Å². The summed E-state index contributed by atoms with van der Waals surface area (Å²) in [6, 6.07) is 9.56.